The Morgan fingerprint density at radius 1 is 0.966 bits per heavy atom. The van der Waals surface area contributed by atoms with Gasteiger partial charge in [-0.1, -0.05) is 48.5 Å². The van der Waals surface area contributed by atoms with E-state index in [1.54, 1.807) is 7.11 Å². The summed E-state index contributed by atoms with van der Waals surface area (Å²) in [5, 5.41) is 7.87. The number of carbonyl (C=O) groups excluding carboxylic acids is 2. The first-order valence-electron chi connectivity index (χ1n) is 9.82. The second-order valence-electron chi connectivity index (χ2n) is 7.44. The van der Waals surface area contributed by atoms with Gasteiger partial charge in [-0.05, 0) is 46.9 Å². The van der Waals surface area contributed by atoms with Crippen molar-refractivity contribution >= 4 is 28.3 Å². The van der Waals surface area contributed by atoms with E-state index in [4.69, 9.17) is 4.74 Å². The van der Waals surface area contributed by atoms with E-state index in [1.165, 1.54) is 0 Å². The normalized spacial score (nSPS) is 13.3. The summed E-state index contributed by atoms with van der Waals surface area (Å²) in [6.45, 7) is 0.975. The molecule has 0 atom stereocenters. The Balaban J connectivity index is 1.53. The molecule has 0 unspecified atom stereocenters. The molecule has 5 nitrogen and oxygen atoms in total. The molecular formula is C24H24N2O3. The third-order valence-electron chi connectivity index (χ3n) is 5.12. The lowest BCUT2D eigenvalue weighted by molar-refractivity contribution is -0.117. The summed E-state index contributed by atoms with van der Waals surface area (Å²) < 4.78 is 5.12. The maximum Gasteiger partial charge on any atom is 0.253 e. The van der Waals surface area contributed by atoms with E-state index in [0.29, 0.717) is 24.4 Å². The monoisotopic (exact) mass is 388 g/mol. The van der Waals surface area contributed by atoms with Crippen molar-refractivity contribution in [2.45, 2.75) is 26.0 Å². The minimum Gasteiger partial charge on any atom is -0.380 e. The van der Waals surface area contributed by atoms with Gasteiger partial charge in [-0.3, -0.25) is 9.59 Å². The Morgan fingerprint density at radius 3 is 2.28 bits per heavy atom. The summed E-state index contributed by atoms with van der Waals surface area (Å²) in [6.07, 6.45) is 1.83. The molecule has 5 heteroatoms. The molecule has 1 aliphatic carbocycles. The Hall–Kier alpha value is -3.18. The van der Waals surface area contributed by atoms with Crippen molar-refractivity contribution in [3.05, 3.63) is 77.4 Å². The number of fused-ring (bicyclic) bond motifs is 1. The molecule has 3 aromatic rings. The van der Waals surface area contributed by atoms with Crippen LogP contribution in [-0.2, 0) is 22.7 Å². The molecule has 2 amide bonds. The number of hydrogen-bond donors (Lipinski definition) is 2. The zero-order valence-corrected chi connectivity index (χ0v) is 16.4. The molecular weight excluding hydrogens is 364 g/mol. The summed E-state index contributed by atoms with van der Waals surface area (Å²) in [5.74, 6) is -0.145. The maximum absolute atomic E-state index is 12.9. The number of rotatable bonds is 7. The van der Waals surface area contributed by atoms with Gasteiger partial charge in [-0.2, -0.15) is 0 Å². The van der Waals surface area contributed by atoms with Gasteiger partial charge in [0, 0.05) is 19.6 Å². The van der Waals surface area contributed by atoms with E-state index in [2.05, 4.69) is 10.6 Å². The zero-order valence-electron chi connectivity index (χ0n) is 16.4. The first kappa shape index (κ1) is 19.2. The van der Waals surface area contributed by atoms with Gasteiger partial charge in [0.2, 0.25) is 5.91 Å². The molecule has 4 rings (SSSR count). The van der Waals surface area contributed by atoms with Crippen molar-refractivity contribution in [3.63, 3.8) is 0 Å². The molecule has 1 fully saturated rings. The summed E-state index contributed by atoms with van der Waals surface area (Å²) in [5.41, 5.74) is 3.13. The van der Waals surface area contributed by atoms with E-state index < -0.39 is 0 Å². The summed E-state index contributed by atoms with van der Waals surface area (Å²) in [4.78, 5) is 25.2. The predicted octanol–water partition coefficient (Wildman–Crippen LogP) is 4.26. The van der Waals surface area contributed by atoms with Crippen molar-refractivity contribution < 1.29 is 14.3 Å². The van der Waals surface area contributed by atoms with Crippen molar-refractivity contribution in [1.29, 1.82) is 0 Å². The van der Waals surface area contributed by atoms with Gasteiger partial charge in [-0.15, -0.1) is 0 Å². The third-order valence-corrected chi connectivity index (χ3v) is 5.12. The Morgan fingerprint density at radius 2 is 1.62 bits per heavy atom. The number of anilines is 1. The molecule has 1 aliphatic rings. The van der Waals surface area contributed by atoms with Crippen molar-refractivity contribution in [2.24, 2.45) is 5.92 Å². The average molecular weight is 388 g/mol. The fourth-order valence-corrected chi connectivity index (χ4v) is 3.31. The first-order valence-corrected chi connectivity index (χ1v) is 9.82. The van der Waals surface area contributed by atoms with Crippen LogP contribution in [0, 0.1) is 5.92 Å². The highest BCUT2D eigenvalue weighted by molar-refractivity contribution is 6.08. The first-order chi connectivity index (χ1) is 14.1. The second-order valence-corrected chi connectivity index (χ2v) is 7.44. The number of benzene rings is 3. The summed E-state index contributed by atoms with van der Waals surface area (Å²) >= 11 is 0. The van der Waals surface area contributed by atoms with Crippen LogP contribution in [-0.4, -0.2) is 18.9 Å². The van der Waals surface area contributed by atoms with Crippen molar-refractivity contribution in [1.82, 2.24) is 5.32 Å². The molecule has 0 bridgehead atoms. The lowest BCUT2D eigenvalue weighted by atomic mass is 10.0. The zero-order chi connectivity index (χ0) is 20.2. The SMILES string of the molecule is COCc1ccc(CNC(=O)c2cc3ccccc3cc2NC(=O)C2CC2)cc1. The number of hydrogen-bond acceptors (Lipinski definition) is 3. The molecule has 0 radical (unpaired) electrons. The van der Waals surface area contributed by atoms with Gasteiger partial charge in [0.05, 0.1) is 17.9 Å². The quantitative estimate of drug-likeness (QED) is 0.635. The van der Waals surface area contributed by atoms with Crippen LogP contribution in [0.1, 0.15) is 34.3 Å². The Bertz CT molecular complexity index is 1040. The van der Waals surface area contributed by atoms with Gasteiger partial charge in [0.25, 0.3) is 5.91 Å². The topological polar surface area (TPSA) is 67.4 Å². The Labute approximate surface area is 170 Å². The minimum absolute atomic E-state index is 0.0111. The number of nitrogens with one attached hydrogen (secondary N) is 2. The largest absolute Gasteiger partial charge is 0.380 e. The number of ether oxygens (including phenoxy) is 1. The highest BCUT2D eigenvalue weighted by atomic mass is 16.5. The predicted molar refractivity (Wildman–Crippen MR) is 114 cm³/mol. The van der Waals surface area contributed by atoms with Gasteiger partial charge < -0.3 is 15.4 Å². The fraction of sp³-hybridized carbons (Fsp3) is 0.250. The van der Waals surface area contributed by atoms with Crippen molar-refractivity contribution in [3.8, 4) is 0 Å². The van der Waals surface area contributed by atoms with Gasteiger partial charge >= 0.3 is 0 Å². The van der Waals surface area contributed by atoms with Crippen molar-refractivity contribution in [2.75, 3.05) is 12.4 Å². The molecule has 0 heterocycles. The van der Waals surface area contributed by atoms with Crippen LogP contribution in [0.4, 0.5) is 5.69 Å². The highest BCUT2D eigenvalue weighted by Gasteiger charge is 2.30. The van der Waals surface area contributed by atoms with E-state index >= 15 is 0 Å². The van der Waals surface area contributed by atoms with Gasteiger partial charge in [-0.25, -0.2) is 0 Å². The van der Waals surface area contributed by atoms with Crippen LogP contribution in [0.2, 0.25) is 0 Å². The summed E-state index contributed by atoms with van der Waals surface area (Å²) in [6, 6.07) is 19.5. The lowest BCUT2D eigenvalue weighted by Gasteiger charge is -2.13. The van der Waals surface area contributed by atoms with E-state index in [-0.39, 0.29) is 17.7 Å². The van der Waals surface area contributed by atoms with Crippen LogP contribution in [0.3, 0.4) is 0 Å². The minimum atomic E-state index is -0.206. The maximum atomic E-state index is 12.9. The second kappa shape index (κ2) is 8.45. The van der Waals surface area contributed by atoms with Gasteiger partial charge in [0.1, 0.15) is 0 Å². The van der Waals surface area contributed by atoms with E-state index in [1.807, 2.05) is 60.7 Å². The molecule has 2 N–H and O–H groups in total. The van der Waals surface area contributed by atoms with Crippen LogP contribution in [0.5, 0.6) is 0 Å². The molecule has 0 saturated heterocycles. The Kier molecular flexibility index (Phi) is 5.58. The van der Waals surface area contributed by atoms with Crippen LogP contribution >= 0.6 is 0 Å². The van der Waals surface area contributed by atoms with Gasteiger partial charge in [0.15, 0.2) is 0 Å². The highest BCUT2D eigenvalue weighted by Crippen LogP contribution is 2.32. The number of amides is 2. The summed E-state index contributed by atoms with van der Waals surface area (Å²) in [7, 11) is 1.66. The standard InChI is InChI=1S/C24H24N2O3/c1-29-15-17-8-6-16(7-9-17)14-25-24(28)21-12-19-4-2-3-5-20(19)13-22(21)26-23(27)18-10-11-18/h2-9,12-13,18H,10-11,14-15H2,1H3,(H,25,28)(H,26,27). The smallest absolute Gasteiger partial charge is 0.253 e. The lowest BCUT2D eigenvalue weighted by Crippen LogP contribution is -2.25. The molecule has 0 aliphatic heterocycles. The van der Waals surface area contributed by atoms with Crippen LogP contribution in [0.25, 0.3) is 10.8 Å². The van der Waals surface area contributed by atoms with Crippen LogP contribution in [0.15, 0.2) is 60.7 Å². The van der Waals surface area contributed by atoms with E-state index in [9.17, 15) is 9.59 Å². The molecule has 0 spiro atoms. The molecule has 0 aromatic heterocycles. The molecule has 3 aromatic carbocycles. The van der Waals surface area contributed by atoms with Crippen LogP contribution < -0.4 is 10.6 Å². The number of methoxy groups -OCH3 is 1. The molecule has 148 valence electrons. The molecule has 29 heavy (non-hydrogen) atoms. The molecule has 1 saturated carbocycles. The number of carbonyl (C=O) groups is 2. The average Bonchev–Trinajstić information content (AvgIpc) is 3.58. The third kappa shape index (κ3) is 4.63. The fourth-order valence-electron chi connectivity index (χ4n) is 3.31. The van der Waals surface area contributed by atoms with E-state index in [0.717, 1.165) is 34.7 Å².